The van der Waals surface area contributed by atoms with E-state index < -0.39 is 0 Å². The van der Waals surface area contributed by atoms with Crippen LogP contribution in [0.5, 0.6) is 0 Å². The molecule has 1 heterocycles. The van der Waals surface area contributed by atoms with Gasteiger partial charge in [-0.05, 0) is 36.6 Å². The fourth-order valence-corrected chi connectivity index (χ4v) is 2.31. The van der Waals surface area contributed by atoms with Gasteiger partial charge in [0.25, 0.3) is 0 Å². The van der Waals surface area contributed by atoms with Crippen molar-refractivity contribution in [2.24, 2.45) is 5.73 Å². The molecule has 0 saturated carbocycles. The standard InChI is InChI=1S/C12H17ClN2.ClH/c1-9-6-11(13)3-2-10(9)7-15-5-4-12(14)8-15;/h2-3,6,12H,4-5,7-8,14H2,1H3;1H. The van der Waals surface area contributed by atoms with E-state index in [4.69, 9.17) is 17.3 Å². The van der Waals surface area contributed by atoms with Crippen LogP contribution in [0.4, 0.5) is 0 Å². The first-order valence-corrected chi connectivity index (χ1v) is 5.76. The molecule has 0 radical (unpaired) electrons. The van der Waals surface area contributed by atoms with Crippen LogP contribution in [0.3, 0.4) is 0 Å². The Labute approximate surface area is 108 Å². The number of halogens is 2. The van der Waals surface area contributed by atoms with Gasteiger partial charge in [0.2, 0.25) is 0 Å². The van der Waals surface area contributed by atoms with Gasteiger partial charge in [0.05, 0.1) is 0 Å². The molecule has 1 aliphatic rings. The Kier molecular flexibility index (Phi) is 5.06. The van der Waals surface area contributed by atoms with Gasteiger partial charge >= 0.3 is 0 Å². The Bertz CT molecular complexity index is 355. The van der Waals surface area contributed by atoms with Crippen molar-refractivity contribution in [3.8, 4) is 0 Å². The van der Waals surface area contributed by atoms with Crippen molar-refractivity contribution in [1.82, 2.24) is 4.90 Å². The van der Waals surface area contributed by atoms with Crippen LogP contribution in [-0.2, 0) is 6.54 Å². The zero-order chi connectivity index (χ0) is 10.8. The molecule has 1 aromatic rings. The third-order valence-corrected chi connectivity index (χ3v) is 3.24. The molecule has 1 aliphatic heterocycles. The molecule has 0 bridgehead atoms. The highest BCUT2D eigenvalue weighted by Gasteiger charge is 2.19. The van der Waals surface area contributed by atoms with Gasteiger partial charge in [-0.3, -0.25) is 4.90 Å². The summed E-state index contributed by atoms with van der Waals surface area (Å²) in [6, 6.07) is 6.45. The molecule has 0 aliphatic carbocycles. The second-order valence-corrected chi connectivity index (χ2v) is 4.79. The average molecular weight is 261 g/mol. The van der Waals surface area contributed by atoms with Gasteiger partial charge in [0.1, 0.15) is 0 Å². The highest BCUT2D eigenvalue weighted by Crippen LogP contribution is 2.18. The van der Waals surface area contributed by atoms with Gasteiger partial charge in [-0.25, -0.2) is 0 Å². The number of rotatable bonds is 2. The number of hydrogen-bond acceptors (Lipinski definition) is 2. The number of nitrogens with two attached hydrogens (primary N) is 1. The molecule has 1 atom stereocenters. The number of aryl methyl sites for hydroxylation is 1. The molecule has 2 N–H and O–H groups in total. The minimum atomic E-state index is 0. The predicted molar refractivity (Wildman–Crippen MR) is 71.3 cm³/mol. The van der Waals surface area contributed by atoms with Crippen LogP contribution in [-0.4, -0.2) is 24.0 Å². The number of likely N-dealkylation sites (tertiary alicyclic amines) is 1. The first-order chi connectivity index (χ1) is 7.15. The smallest absolute Gasteiger partial charge is 0.0408 e. The lowest BCUT2D eigenvalue weighted by molar-refractivity contribution is 0.326. The highest BCUT2D eigenvalue weighted by atomic mass is 35.5. The minimum absolute atomic E-state index is 0. The molecule has 1 aromatic carbocycles. The molecule has 90 valence electrons. The quantitative estimate of drug-likeness (QED) is 0.886. The highest BCUT2D eigenvalue weighted by molar-refractivity contribution is 6.30. The number of hydrogen-bond donors (Lipinski definition) is 1. The number of nitrogens with zero attached hydrogens (tertiary/aromatic N) is 1. The molecular formula is C12H18Cl2N2. The summed E-state index contributed by atoms with van der Waals surface area (Å²) in [5, 5.41) is 0.814. The van der Waals surface area contributed by atoms with Crippen molar-refractivity contribution in [2.45, 2.75) is 25.9 Å². The zero-order valence-corrected chi connectivity index (χ0v) is 11.0. The fraction of sp³-hybridized carbons (Fsp3) is 0.500. The second-order valence-electron chi connectivity index (χ2n) is 4.35. The van der Waals surface area contributed by atoms with Crippen LogP contribution < -0.4 is 5.73 Å². The Morgan fingerprint density at radius 1 is 1.50 bits per heavy atom. The number of benzene rings is 1. The molecule has 1 saturated heterocycles. The molecule has 0 amide bonds. The van der Waals surface area contributed by atoms with Crippen molar-refractivity contribution >= 4 is 24.0 Å². The van der Waals surface area contributed by atoms with Crippen molar-refractivity contribution in [1.29, 1.82) is 0 Å². The Morgan fingerprint density at radius 3 is 2.81 bits per heavy atom. The van der Waals surface area contributed by atoms with Crippen molar-refractivity contribution in [3.63, 3.8) is 0 Å². The maximum Gasteiger partial charge on any atom is 0.0408 e. The van der Waals surface area contributed by atoms with Crippen molar-refractivity contribution in [3.05, 3.63) is 34.3 Å². The zero-order valence-electron chi connectivity index (χ0n) is 9.45. The van der Waals surface area contributed by atoms with Gasteiger partial charge in [0.15, 0.2) is 0 Å². The molecule has 1 fully saturated rings. The van der Waals surface area contributed by atoms with E-state index in [0.717, 1.165) is 31.1 Å². The van der Waals surface area contributed by atoms with Crippen molar-refractivity contribution < 1.29 is 0 Å². The fourth-order valence-electron chi connectivity index (χ4n) is 2.08. The Hall–Kier alpha value is -0.280. The van der Waals surface area contributed by atoms with E-state index in [-0.39, 0.29) is 12.4 Å². The first-order valence-electron chi connectivity index (χ1n) is 5.38. The minimum Gasteiger partial charge on any atom is -0.326 e. The summed E-state index contributed by atoms with van der Waals surface area (Å²) in [7, 11) is 0. The normalized spacial score (nSPS) is 20.8. The molecule has 2 nitrogen and oxygen atoms in total. The molecular weight excluding hydrogens is 243 g/mol. The van der Waals surface area contributed by atoms with Crippen LogP contribution in [0.15, 0.2) is 18.2 Å². The monoisotopic (exact) mass is 260 g/mol. The average Bonchev–Trinajstić information content (AvgIpc) is 2.56. The van der Waals surface area contributed by atoms with E-state index in [1.165, 1.54) is 11.1 Å². The van der Waals surface area contributed by atoms with Gasteiger partial charge < -0.3 is 5.73 Å². The summed E-state index contributed by atoms with van der Waals surface area (Å²) in [5.41, 5.74) is 8.50. The lowest BCUT2D eigenvalue weighted by Crippen LogP contribution is -2.26. The van der Waals surface area contributed by atoms with Crippen LogP contribution in [0.2, 0.25) is 5.02 Å². The Morgan fingerprint density at radius 2 is 2.25 bits per heavy atom. The lowest BCUT2D eigenvalue weighted by atomic mass is 10.1. The lowest BCUT2D eigenvalue weighted by Gasteiger charge is -2.16. The molecule has 4 heteroatoms. The molecule has 0 spiro atoms. The third-order valence-electron chi connectivity index (χ3n) is 3.01. The maximum atomic E-state index is 5.92. The summed E-state index contributed by atoms with van der Waals surface area (Å²) in [5.74, 6) is 0. The van der Waals surface area contributed by atoms with Crippen LogP contribution in [0.1, 0.15) is 17.5 Å². The molecule has 2 rings (SSSR count). The van der Waals surface area contributed by atoms with Crippen LogP contribution in [0, 0.1) is 6.92 Å². The summed E-state index contributed by atoms with van der Waals surface area (Å²) >= 11 is 5.92. The van der Waals surface area contributed by atoms with Gasteiger partial charge in [-0.15, -0.1) is 12.4 Å². The topological polar surface area (TPSA) is 29.3 Å². The van der Waals surface area contributed by atoms with Crippen molar-refractivity contribution in [2.75, 3.05) is 13.1 Å². The van der Waals surface area contributed by atoms with E-state index in [2.05, 4.69) is 17.9 Å². The summed E-state index contributed by atoms with van der Waals surface area (Å²) < 4.78 is 0. The summed E-state index contributed by atoms with van der Waals surface area (Å²) in [4.78, 5) is 2.40. The van der Waals surface area contributed by atoms with Gasteiger partial charge in [-0.2, -0.15) is 0 Å². The van der Waals surface area contributed by atoms with Gasteiger partial charge in [0, 0.05) is 30.7 Å². The molecule has 1 unspecified atom stereocenters. The van der Waals surface area contributed by atoms with Gasteiger partial charge in [-0.1, -0.05) is 17.7 Å². The van der Waals surface area contributed by atoms with Crippen LogP contribution >= 0.6 is 24.0 Å². The van der Waals surface area contributed by atoms with E-state index in [1.54, 1.807) is 0 Å². The Balaban J connectivity index is 0.00000128. The predicted octanol–water partition coefficient (Wildman–Crippen LogP) is 2.60. The molecule has 0 aromatic heterocycles. The first kappa shape index (κ1) is 13.8. The largest absolute Gasteiger partial charge is 0.326 e. The summed E-state index contributed by atoms with van der Waals surface area (Å²) in [6.45, 7) is 5.24. The second kappa shape index (κ2) is 5.87. The van der Waals surface area contributed by atoms with E-state index in [9.17, 15) is 0 Å². The van der Waals surface area contributed by atoms with E-state index >= 15 is 0 Å². The van der Waals surface area contributed by atoms with E-state index in [1.807, 2.05) is 12.1 Å². The maximum absolute atomic E-state index is 5.92. The third kappa shape index (κ3) is 3.36. The van der Waals surface area contributed by atoms with Crippen LogP contribution in [0.25, 0.3) is 0 Å². The summed E-state index contributed by atoms with van der Waals surface area (Å²) in [6.07, 6.45) is 1.12. The van der Waals surface area contributed by atoms with E-state index in [0.29, 0.717) is 6.04 Å². The SMILES string of the molecule is Cc1cc(Cl)ccc1CN1CCC(N)C1.Cl. The molecule has 16 heavy (non-hydrogen) atoms.